The summed E-state index contributed by atoms with van der Waals surface area (Å²) in [5, 5.41) is 7.23. The van der Waals surface area contributed by atoms with Gasteiger partial charge in [-0.15, -0.1) is 4.68 Å². The average Bonchev–Trinajstić information content (AvgIpc) is 3.34. The van der Waals surface area contributed by atoms with E-state index < -0.39 is 35.0 Å². The number of nitrogens with zero attached hydrogens (tertiary/aromatic N) is 5. The summed E-state index contributed by atoms with van der Waals surface area (Å²) in [6, 6.07) is 16.2. The van der Waals surface area contributed by atoms with Crippen molar-refractivity contribution in [3.63, 3.8) is 0 Å². The first-order valence-electron chi connectivity index (χ1n) is 13.0. The van der Waals surface area contributed by atoms with Gasteiger partial charge in [-0.2, -0.15) is 4.68 Å². The topological polar surface area (TPSA) is 99.3 Å². The van der Waals surface area contributed by atoms with Crippen LogP contribution >= 0.6 is 0 Å². The van der Waals surface area contributed by atoms with Crippen LogP contribution in [0, 0.1) is 18.6 Å². The smallest absolute Gasteiger partial charge is 0.377 e. The molecule has 206 valence electrons. The molecule has 11 heteroatoms. The molecule has 5 rings (SSSR count). The molecule has 0 spiro atoms. The van der Waals surface area contributed by atoms with E-state index in [0.29, 0.717) is 33.5 Å². The third kappa shape index (κ3) is 5.40. The van der Waals surface area contributed by atoms with Crippen LogP contribution in [0.5, 0.6) is 0 Å². The summed E-state index contributed by atoms with van der Waals surface area (Å²) in [6.07, 6.45) is 4.07. The Morgan fingerprint density at radius 2 is 1.65 bits per heavy atom. The van der Waals surface area contributed by atoms with E-state index in [4.69, 9.17) is 4.74 Å². The summed E-state index contributed by atoms with van der Waals surface area (Å²) in [5.74, 6) is -2.61. The minimum atomic E-state index is -1.12. The maximum Gasteiger partial charge on any atom is 0.377 e. The molecule has 1 aliphatic carbocycles. The summed E-state index contributed by atoms with van der Waals surface area (Å²) in [7, 11) is 0. The van der Waals surface area contributed by atoms with E-state index >= 15 is 0 Å². The van der Waals surface area contributed by atoms with Crippen molar-refractivity contribution in [1.29, 1.82) is 0 Å². The van der Waals surface area contributed by atoms with Gasteiger partial charge >= 0.3 is 17.7 Å². The Labute approximate surface area is 228 Å². The summed E-state index contributed by atoms with van der Waals surface area (Å²) in [5.41, 5.74) is 0.270. The molecule has 0 saturated heterocycles. The van der Waals surface area contributed by atoms with Crippen LogP contribution in [0.4, 0.5) is 19.3 Å². The number of hydrogen-bond donors (Lipinski definition) is 0. The molecule has 0 bridgehead atoms. The molecule has 4 aromatic rings. The second kappa shape index (κ2) is 11.6. The van der Waals surface area contributed by atoms with E-state index in [0.717, 1.165) is 43.0 Å². The zero-order chi connectivity index (χ0) is 28.2. The van der Waals surface area contributed by atoms with Crippen LogP contribution in [0.2, 0.25) is 0 Å². The van der Waals surface area contributed by atoms with Crippen LogP contribution in [0.25, 0.3) is 5.69 Å². The van der Waals surface area contributed by atoms with Crippen molar-refractivity contribution >= 4 is 17.7 Å². The number of benzene rings is 3. The third-order valence-corrected chi connectivity index (χ3v) is 6.99. The highest BCUT2D eigenvalue weighted by Gasteiger charge is 2.32. The number of aromatic nitrogens is 4. The number of hydrogen-bond acceptors (Lipinski definition) is 6. The number of para-hydroxylation sites is 1. The Morgan fingerprint density at radius 1 is 0.950 bits per heavy atom. The van der Waals surface area contributed by atoms with Gasteiger partial charge in [0.2, 0.25) is 0 Å². The Kier molecular flexibility index (Phi) is 7.81. The molecular weight excluding hydrogens is 520 g/mol. The van der Waals surface area contributed by atoms with Gasteiger partial charge in [0.25, 0.3) is 0 Å². The zero-order valence-electron chi connectivity index (χ0n) is 21.8. The molecule has 1 fully saturated rings. The number of halogens is 2. The molecule has 1 heterocycles. The first-order chi connectivity index (χ1) is 19.3. The Bertz CT molecular complexity index is 1580. The first kappa shape index (κ1) is 26.9. The molecule has 40 heavy (non-hydrogen) atoms. The number of ether oxygens (including phenoxy) is 1. The van der Waals surface area contributed by atoms with E-state index in [1.807, 2.05) is 30.3 Å². The van der Waals surface area contributed by atoms with Gasteiger partial charge in [-0.25, -0.2) is 23.2 Å². The number of rotatable bonds is 6. The minimum Gasteiger partial charge on any atom is -0.457 e. The highest BCUT2D eigenvalue weighted by Crippen LogP contribution is 2.30. The third-order valence-electron chi connectivity index (χ3n) is 6.99. The lowest BCUT2D eigenvalue weighted by Crippen LogP contribution is -2.47. The fraction of sp³-hybridized carbons (Fsp3) is 0.276. The number of carbonyl (C=O) groups excluding carboxylic acids is 2. The maximum absolute atomic E-state index is 14.4. The van der Waals surface area contributed by atoms with Crippen molar-refractivity contribution in [2.75, 3.05) is 4.90 Å². The Hall–Kier alpha value is -4.67. The van der Waals surface area contributed by atoms with Crippen molar-refractivity contribution in [2.24, 2.45) is 0 Å². The van der Waals surface area contributed by atoms with E-state index in [-0.39, 0.29) is 18.2 Å². The van der Waals surface area contributed by atoms with Crippen LogP contribution in [0.1, 0.15) is 53.6 Å². The van der Waals surface area contributed by atoms with Crippen molar-refractivity contribution in [3.05, 3.63) is 106 Å². The van der Waals surface area contributed by atoms with Crippen molar-refractivity contribution in [3.8, 4) is 5.69 Å². The van der Waals surface area contributed by atoms with Crippen LogP contribution in [-0.2, 0) is 11.3 Å². The van der Waals surface area contributed by atoms with Crippen LogP contribution < -0.4 is 10.6 Å². The number of amides is 1. The fourth-order valence-corrected chi connectivity index (χ4v) is 4.90. The molecule has 0 unspecified atom stereocenters. The first-order valence-corrected chi connectivity index (χ1v) is 13.0. The van der Waals surface area contributed by atoms with Gasteiger partial charge in [0, 0.05) is 11.7 Å². The SMILES string of the molecule is Cc1ccc(N(C(=O)n2nnn(-c3c(F)cccc3F)c2=O)C2CCCCC2)cc1C(=O)OCc1ccccc1. The molecule has 0 aliphatic heterocycles. The minimum absolute atomic E-state index is 0.0831. The predicted octanol–water partition coefficient (Wildman–Crippen LogP) is 5.18. The van der Waals surface area contributed by atoms with Crippen LogP contribution in [-0.4, -0.2) is 37.8 Å². The number of anilines is 1. The molecule has 1 aromatic heterocycles. The molecule has 0 N–H and O–H groups in total. The zero-order valence-corrected chi connectivity index (χ0v) is 21.8. The van der Waals surface area contributed by atoms with E-state index in [2.05, 4.69) is 10.4 Å². The Balaban J connectivity index is 1.50. The summed E-state index contributed by atoms with van der Waals surface area (Å²) in [4.78, 5) is 41.4. The van der Waals surface area contributed by atoms with Crippen LogP contribution in [0.15, 0.2) is 71.5 Å². The summed E-state index contributed by atoms with van der Waals surface area (Å²) < 4.78 is 35.1. The molecule has 1 aliphatic rings. The normalized spacial score (nSPS) is 13.7. The molecule has 1 amide bonds. The largest absolute Gasteiger partial charge is 0.457 e. The molecule has 0 atom stereocenters. The standard InChI is InChI=1S/C29H27F2N5O4/c1-19-15-16-22(17-23(19)27(37)40-18-20-9-4-2-5-10-20)34(21-11-6-3-7-12-21)28(38)36-29(39)35(32-33-36)26-24(30)13-8-14-25(26)31/h2,4-5,8-10,13-17,21H,3,6-7,11-12,18H2,1H3. The Morgan fingerprint density at radius 3 is 2.35 bits per heavy atom. The molecule has 0 radical (unpaired) electrons. The summed E-state index contributed by atoms with van der Waals surface area (Å²) in [6.45, 7) is 1.84. The maximum atomic E-state index is 14.4. The van der Waals surface area contributed by atoms with E-state index in [9.17, 15) is 23.2 Å². The van der Waals surface area contributed by atoms with Crippen LogP contribution in [0.3, 0.4) is 0 Å². The second-order valence-corrected chi connectivity index (χ2v) is 9.66. The highest BCUT2D eigenvalue weighted by atomic mass is 19.1. The van der Waals surface area contributed by atoms with Crippen molar-refractivity contribution < 1.29 is 23.1 Å². The van der Waals surface area contributed by atoms with Crippen molar-refractivity contribution in [1.82, 2.24) is 19.8 Å². The lowest BCUT2D eigenvalue weighted by atomic mass is 9.93. The number of tetrazole rings is 1. The van der Waals surface area contributed by atoms with E-state index in [1.54, 1.807) is 25.1 Å². The molecule has 9 nitrogen and oxygen atoms in total. The van der Waals surface area contributed by atoms with Gasteiger partial charge in [0.1, 0.15) is 12.3 Å². The van der Waals surface area contributed by atoms with Gasteiger partial charge in [-0.3, -0.25) is 4.90 Å². The number of carbonyl (C=O) groups is 2. The lowest BCUT2D eigenvalue weighted by molar-refractivity contribution is 0.0472. The van der Waals surface area contributed by atoms with Gasteiger partial charge in [-0.05, 0) is 65.6 Å². The fourth-order valence-electron chi connectivity index (χ4n) is 4.90. The molecule has 3 aromatic carbocycles. The highest BCUT2D eigenvalue weighted by molar-refractivity contribution is 5.97. The second-order valence-electron chi connectivity index (χ2n) is 9.66. The van der Waals surface area contributed by atoms with E-state index in [1.165, 1.54) is 4.90 Å². The number of esters is 1. The quantitative estimate of drug-likeness (QED) is 0.244. The summed E-state index contributed by atoms with van der Waals surface area (Å²) >= 11 is 0. The van der Waals surface area contributed by atoms with Gasteiger partial charge in [-0.1, -0.05) is 61.7 Å². The van der Waals surface area contributed by atoms with Crippen molar-refractivity contribution in [2.45, 2.75) is 51.7 Å². The molecule has 1 saturated carbocycles. The monoisotopic (exact) mass is 547 g/mol. The number of aryl methyl sites for hydroxylation is 1. The van der Waals surface area contributed by atoms with Gasteiger partial charge in [0.05, 0.1) is 5.56 Å². The predicted molar refractivity (Wildman–Crippen MR) is 142 cm³/mol. The van der Waals surface area contributed by atoms with Gasteiger partial charge < -0.3 is 4.74 Å². The average molecular weight is 548 g/mol. The molecular formula is C29H27F2N5O4. The van der Waals surface area contributed by atoms with Gasteiger partial charge in [0.15, 0.2) is 11.6 Å². The lowest BCUT2D eigenvalue weighted by Gasteiger charge is -2.34.